The maximum absolute atomic E-state index is 6.22. The third-order valence-electron chi connectivity index (χ3n) is 3.21. The number of nitrogens with zero attached hydrogens (tertiary/aromatic N) is 1. The van der Waals surface area contributed by atoms with Gasteiger partial charge in [-0.2, -0.15) is 0 Å². The number of hydrogen-bond acceptors (Lipinski definition) is 1. The predicted molar refractivity (Wildman–Crippen MR) is 65.2 cm³/mol. The minimum Gasteiger partial charge on any atom is -0.292 e. The predicted octanol–water partition coefficient (Wildman–Crippen LogP) is 3.28. The van der Waals surface area contributed by atoms with Crippen molar-refractivity contribution in [1.82, 2.24) is 4.90 Å². The van der Waals surface area contributed by atoms with Gasteiger partial charge in [-0.25, -0.2) is 0 Å². The Morgan fingerprint density at radius 1 is 1.33 bits per heavy atom. The Morgan fingerprint density at radius 3 is 2.53 bits per heavy atom. The van der Waals surface area contributed by atoms with E-state index in [1.807, 2.05) is 0 Å². The molecule has 1 unspecified atom stereocenters. The van der Waals surface area contributed by atoms with Crippen LogP contribution in [0.25, 0.3) is 0 Å². The summed E-state index contributed by atoms with van der Waals surface area (Å²) in [5.74, 6) is 0. The van der Waals surface area contributed by atoms with Crippen molar-refractivity contribution in [2.45, 2.75) is 37.7 Å². The van der Waals surface area contributed by atoms with Crippen LogP contribution in [-0.2, 0) is 6.54 Å². The molecule has 0 aliphatic carbocycles. The maximum atomic E-state index is 6.22. The van der Waals surface area contributed by atoms with Crippen LogP contribution < -0.4 is 0 Å². The second-order valence-electron chi connectivity index (χ2n) is 4.98. The fraction of sp³-hybridized carbons (Fsp3) is 0.538. The molecule has 0 bridgehead atoms. The molecule has 2 heteroatoms. The molecule has 0 spiro atoms. The number of halogens is 1. The van der Waals surface area contributed by atoms with Gasteiger partial charge in [-0.1, -0.05) is 30.3 Å². The van der Waals surface area contributed by atoms with Crippen molar-refractivity contribution in [3.05, 3.63) is 35.9 Å². The summed E-state index contributed by atoms with van der Waals surface area (Å²) in [6.45, 7) is 6.57. The first-order chi connectivity index (χ1) is 7.08. The van der Waals surface area contributed by atoms with Gasteiger partial charge in [-0.15, -0.1) is 11.6 Å². The number of benzene rings is 1. The molecule has 15 heavy (non-hydrogen) atoms. The van der Waals surface area contributed by atoms with Crippen molar-refractivity contribution in [2.24, 2.45) is 0 Å². The van der Waals surface area contributed by atoms with E-state index in [2.05, 4.69) is 49.1 Å². The molecule has 0 amide bonds. The van der Waals surface area contributed by atoms with E-state index in [9.17, 15) is 0 Å². The van der Waals surface area contributed by atoms with E-state index in [4.69, 9.17) is 11.6 Å². The van der Waals surface area contributed by atoms with Crippen LogP contribution in [0.2, 0.25) is 0 Å². The summed E-state index contributed by atoms with van der Waals surface area (Å²) in [7, 11) is 0. The molecule has 1 saturated heterocycles. The second-order valence-corrected chi connectivity index (χ2v) is 5.60. The van der Waals surface area contributed by atoms with E-state index in [0.717, 1.165) is 19.5 Å². The molecular formula is C13H18ClN. The number of rotatable bonds is 2. The average Bonchev–Trinajstić information content (AvgIpc) is 2.41. The molecule has 0 saturated carbocycles. The third-order valence-corrected chi connectivity index (χ3v) is 3.50. The van der Waals surface area contributed by atoms with Gasteiger partial charge >= 0.3 is 0 Å². The van der Waals surface area contributed by atoms with Crippen molar-refractivity contribution in [2.75, 3.05) is 6.54 Å². The van der Waals surface area contributed by atoms with Crippen molar-refractivity contribution >= 4 is 11.6 Å². The highest BCUT2D eigenvalue weighted by molar-refractivity contribution is 6.21. The van der Waals surface area contributed by atoms with E-state index >= 15 is 0 Å². The smallest absolute Gasteiger partial charge is 0.0480 e. The Bertz CT molecular complexity index is 321. The molecule has 1 aliphatic heterocycles. The van der Waals surface area contributed by atoms with Crippen LogP contribution in [0.1, 0.15) is 25.8 Å². The zero-order valence-electron chi connectivity index (χ0n) is 9.41. The molecule has 0 N–H and O–H groups in total. The molecule has 1 aliphatic rings. The Balaban J connectivity index is 2.07. The molecule has 1 heterocycles. The van der Waals surface area contributed by atoms with Gasteiger partial charge in [0.05, 0.1) is 0 Å². The largest absolute Gasteiger partial charge is 0.292 e. The Morgan fingerprint density at radius 2 is 2.00 bits per heavy atom. The minimum atomic E-state index is 0.238. The van der Waals surface area contributed by atoms with E-state index in [-0.39, 0.29) is 5.54 Å². The highest BCUT2D eigenvalue weighted by Crippen LogP contribution is 2.32. The Kier molecular flexibility index (Phi) is 3.03. The van der Waals surface area contributed by atoms with E-state index in [1.165, 1.54) is 5.56 Å². The molecule has 82 valence electrons. The molecule has 0 radical (unpaired) electrons. The number of likely N-dealkylation sites (tertiary alicyclic amines) is 1. The van der Waals surface area contributed by atoms with Crippen molar-refractivity contribution in [3.8, 4) is 0 Å². The quantitative estimate of drug-likeness (QED) is 0.696. The Labute approximate surface area is 97.0 Å². The lowest BCUT2D eigenvalue weighted by Crippen LogP contribution is -2.37. The van der Waals surface area contributed by atoms with Crippen LogP contribution in [0.3, 0.4) is 0 Å². The van der Waals surface area contributed by atoms with Crippen LogP contribution in [-0.4, -0.2) is 22.4 Å². The summed E-state index contributed by atoms with van der Waals surface area (Å²) in [6.07, 6.45) is 1.08. The summed E-state index contributed by atoms with van der Waals surface area (Å²) in [4.78, 5) is 2.47. The second kappa shape index (κ2) is 4.15. The Hall–Kier alpha value is -0.530. The molecule has 0 aromatic heterocycles. The fourth-order valence-electron chi connectivity index (χ4n) is 2.30. The van der Waals surface area contributed by atoms with Gasteiger partial charge in [0, 0.05) is 24.0 Å². The normalized spacial score (nSPS) is 25.7. The molecule has 1 nitrogen and oxygen atoms in total. The van der Waals surface area contributed by atoms with Crippen molar-refractivity contribution < 1.29 is 0 Å². The van der Waals surface area contributed by atoms with Gasteiger partial charge in [0.1, 0.15) is 0 Å². The lowest BCUT2D eigenvalue weighted by atomic mass is 10.0. The lowest BCUT2D eigenvalue weighted by molar-refractivity contribution is 0.166. The van der Waals surface area contributed by atoms with Gasteiger partial charge in [0.25, 0.3) is 0 Å². The monoisotopic (exact) mass is 223 g/mol. The highest BCUT2D eigenvalue weighted by atomic mass is 35.5. The first-order valence-corrected chi connectivity index (χ1v) is 5.95. The average molecular weight is 224 g/mol. The highest BCUT2D eigenvalue weighted by Gasteiger charge is 2.36. The van der Waals surface area contributed by atoms with Gasteiger partial charge in [-0.3, -0.25) is 4.90 Å². The fourth-order valence-corrected chi connectivity index (χ4v) is 2.85. The van der Waals surface area contributed by atoms with Gasteiger partial charge < -0.3 is 0 Å². The summed E-state index contributed by atoms with van der Waals surface area (Å²) >= 11 is 6.22. The minimum absolute atomic E-state index is 0.238. The molecule has 1 atom stereocenters. The summed E-state index contributed by atoms with van der Waals surface area (Å²) in [5.41, 5.74) is 1.61. The zero-order chi connectivity index (χ0) is 10.9. The lowest BCUT2D eigenvalue weighted by Gasteiger charge is -2.31. The standard InChI is InChI=1S/C13H18ClN/c1-13(2)8-12(14)10-15(13)9-11-6-4-3-5-7-11/h3-7,12H,8-10H2,1-2H3. The molecular weight excluding hydrogens is 206 g/mol. The van der Waals surface area contributed by atoms with Crippen LogP contribution >= 0.6 is 11.6 Å². The number of alkyl halides is 1. The molecule has 1 fully saturated rings. The van der Waals surface area contributed by atoms with E-state index < -0.39 is 0 Å². The van der Waals surface area contributed by atoms with Crippen LogP contribution in [0, 0.1) is 0 Å². The molecule has 1 aromatic rings. The summed E-state index contributed by atoms with van der Waals surface area (Å²) in [5, 5.41) is 0.309. The topological polar surface area (TPSA) is 3.24 Å². The van der Waals surface area contributed by atoms with Crippen LogP contribution in [0.4, 0.5) is 0 Å². The SMILES string of the molecule is CC1(C)CC(Cl)CN1Cc1ccccc1. The van der Waals surface area contributed by atoms with Crippen molar-refractivity contribution in [1.29, 1.82) is 0 Å². The van der Waals surface area contributed by atoms with Crippen LogP contribution in [0.15, 0.2) is 30.3 Å². The first kappa shape index (κ1) is 11.0. The first-order valence-electron chi connectivity index (χ1n) is 5.51. The van der Waals surface area contributed by atoms with Gasteiger partial charge in [0.2, 0.25) is 0 Å². The third kappa shape index (κ3) is 2.53. The molecule has 2 rings (SSSR count). The summed E-state index contributed by atoms with van der Waals surface area (Å²) < 4.78 is 0. The maximum Gasteiger partial charge on any atom is 0.0480 e. The number of hydrogen-bond donors (Lipinski definition) is 0. The van der Waals surface area contributed by atoms with Crippen LogP contribution in [0.5, 0.6) is 0 Å². The van der Waals surface area contributed by atoms with Crippen molar-refractivity contribution in [3.63, 3.8) is 0 Å². The van der Waals surface area contributed by atoms with Gasteiger partial charge in [0.15, 0.2) is 0 Å². The summed E-state index contributed by atoms with van der Waals surface area (Å²) in [6, 6.07) is 10.6. The van der Waals surface area contributed by atoms with E-state index in [1.54, 1.807) is 0 Å². The molecule has 1 aromatic carbocycles. The van der Waals surface area contributed by atoms with E-state index in [0.29, 0.717) is 5.38 Å². The zero-order valence-corrected chi connectivity index (χ0v) is 10.2. The van der Waals surface area contributed by atoms with Gasteiger partial charge in [-0.05, 0) is 25.8 Å².